The van der Waals surface area contributed by atoms with Crippen LogP contribution in [0, 0.1) is 17.5 Å². The summed E-state index contributed by atoms with van der Waals surface area (Å²) in [6.45, 7) is 0.882. The van der Waals surface area contributed by atoms with Gasteiger partial charge in [-0.05, 0) is 43.5 Å². The highest BCUT2D eigenvalue weighted by molar-refractivity contribution is 7.91. The molecule has 1 aliphatic rings. The largest absolute Gasteiger partial charge is 0.435 e. The van der Waals surface area contributed by atoms with Crippen molar-refractivity contribution in [1.29, 1.82) is 4.78 Å². The van der Waals surface area contributed by atoms with E-state index in [0.29, 0.717) is 6.07 Å². The molecular weight excluding hydrogens is 573 g/mol. The topological polar surface area (TPSA) is 131 Å². The molecule has 2 aromatic heterocycles. The molecule has 1 fully saturated rings. The number of rotatable bonds is 6. The maximum atomic E-state index is 14.9. The SMILES string of the molecule is Cc1c(C(F)(F)F)nnc(Oc2nnc(C3(C(F)(F)F)CCC3)cc2F)c1C(=O)Nc1cccc(S(C)(=N)=O)c1. The van der Waals surface area contributed by atoms with E-state index in [1.54, 1.807) is 0 Å². The van der Waals surface area contributed by atoms with Gasteiger partial charge < -0.3 is 10.1 Å². The van der Waals surface area contributed by atoms with Gasteiger partial charge in [0.25, 0.3) is 17.7 Å². The van der Waals surface area contributed by atoms with Crippen LogP contribution >= 0.6 is 0 Å². The lowest BCUT2D eigenvalue weighted by atomic mass is 9.66. The van der Waals surface area contributed by atoms with Crippen molar-refractivity contribution in [3.05, 3.63) is 58.7 Å². The molecule has 0 spiro atoms. The van der Waals surface area contributed by atoms with Gasteiger partial charge >= 0.3 is 12.4 Å². The smallest absolute Gasteiger partial charge is 0.414 e. The molecule has 1 aliphatic carbocycles. The number of carbonyl (C=O) groups excluding carboxylic acids is 1. The Morgan fingerprint density at radius 3 is 2.23 bits per heavy atom. The van der Waals surface area contributed by atoms with E-state index in [1.807, 2.05) is 0 Å². The molecule has 1 atom stereocenters. The standard InChI is InChI=1S/C23H19F7N6O3S/c1-11-16(18(37)32-12-5-3-6-13(9-12)40(2,31)38)20(36-34-17(11)22(25,26)27)39-19-14(24)10-15(33-35-19)21(7-4-8-21)23(28,29)30/h3,5-6,9-10,31H,4,7-8H2,1-2H3,(H,32,37). The number of hydrogen-bond donors (Lipinski definition) is 2. The number of hydrogen-bond acceptors (Lipinski definition) is 8. The minimum Gasteiger partial charge on any atom is -0.414 e. The van der Waals surface area contributed by atoms with Crippen molar-refractivity contribution in [2.24, 2.45) is 0 Å². The molecule has 1 saturated carbocycles. The number of alkyl halides is 6. The lowest BCUT2D eigenvalue weighted by Gasteiger charge is -2.42. The molecule has 2 N–H and O–H groups in total. The highest BCUT2D eigenvalue weighted by atomic mass is 32.2. The summed E-state index contributed by atoms with van der Waals surface area (Å²) in [5.74, 6) is -4.64. The van der Waals surface area contributed by atoms with Gasteiger partial charge in [-0.2, -0.15) is 31.4 Å². The van der Waals surface area contributed by atoms with Crippen LogP contribution in [0.15, 0.2) is 35.2 Å². The Bertz CT molecular complexity index is 1590. The van der Waals surface area contributed by atoms with E-state index in [4.69, 9.17) is 9.52 Å². The van der Waals surface area contributed by atoms with E-state index in [2.05, 4.69) is 25.7 Å². The van der Waals surface area contributed by atoms with Crippen LogP contribution in [0.25, 0.3) is 0 Å². The first kappa shape index (κ1) is 29.1. The van der Waals surface area contributed by atoms with E-state index in [-0.39, 0.29) is 29.8 Å². The summed E-state index contributed by atoms with van der Waals surface area (Å²) >= 11 is 0. The fraction of sp³-hybridized carbons (Fsp3) is 0.348. The van der Waals surface area contributed by atoms with Crippen LogP contribution in [0.4, 0.5) is 36.4 Å². The normalized spacial score (nSPS) is 16.5. The predicted molar refractivity (Wildman–Crippen MR) is 125 cm³/mol. The van der Waals surface area contributed by atoms with E-state index in [0.717, 1.165) is 13.2 Å². The van der Waals surface area contributed by atoms with E-state index in [9.17, 15) is 39.7 Å². The molecule has 0 aliphatic heterocycles. The lowest BCUT2D eigenvalue weighted by Crippen LogP contribution is -2.48. The first-order chi connectivity index (χ1) is 18.4. The van der Waals surface area contributed by atoms with Gasteiger partial charge in [0.05, 0.1) is 15.4 Å². The number of benzene rings is 1. The van der Waals surface area contributed by atoms with Crippen LogP contribution in [0.1, 0.15) is 46.6 Å². The molecule has 0 saturated heterocycles. The number of carbonyl (C=O) groups is 1. The van der Waals surface area contributed by atoms with Crippen LogP contribution in [0.5, 0.6) is 11.8 Å². The van der Waals surface area contributed by atoms with Gasteiger partial charge in [0, 0.05) is 22.9 Å². The zero-order valence-corrected chi connectivity index (χ0v) is 21.4. The number of ether oxygens (including phenoxy) is 1. The average molecular weight is 592 g/mol. The van der Waals surface area contributed by atoms with Crippen LogP contribution in [-0.2, 0) is 21.3 Å². The van der Waals surface area contributed by atoms with Crippen molar-refractivity contribution >= 4 is 21.3 Å². The fourth-order valence-electron chi connectivity index (χ4n) is 4.08. The van der Waals surface area contributed by atoms with Crippen LogP contribution in [0.2, 0.25) is 0 Å². The van der Waals surface area contributed by atoms with Crippen molar-refractivity contribution in [3.8, 4) is 11.8 Å². The maximum Gasteiger partial charge on any atom is 0.435 e. The van der Waals surface area contributed by atoms with Gasteiger partial charge in [0.2, 0.25) is 0 Å². The van der Waals surface area contributed by atoms with Crippen LogP contribution < -0.4 is 10.1 Å². The summed E-state index contributed by atoms with van der Waals surface area (Å²) in [6, 6.07) is 5.64. The van der Waals surface area contributed by atoms with Crippen molar-refractivity contribution in [1.82, 2.24) is 20.4 Å². The number of nitrogens with one attached hydrogen (secondary N) is 2. The summed E-state index contributed by atoms with van der Waals surface area (Å²) in [6.07, 6.45) is -9.07. The van der Waals surface area contributed by atoms with Crippen molar-refractivity contribution in [2.75, 3.05) is 11.6 Å². The van der Waals surface area contributed by atoms with Gasteiger partial charge in [-0.3, -0.25) is 4.79 Å². The number of aromatic nitrogens is 4. The third kappa shape index (κ3) is 5.41. The summed E-state index contributed by atoms with van der Waals surface area (Å²) in [4.78, 5) is 13.1. The molecule has 4 rings (SSSR count). The second kappa shape index (κ2) is 9.94. The zero-order chi connectivity index (χ0) is 29.7. The number of halogens is 7. The van der Waals surface area contributed by atoms with Gasteiger partial charge in [0.15, 0.2) is 11.5 Å². The summed E-state index contributed by atoms with van der Waals surface area (Å²) in [7, 11) is -3.21. The molecule has 1 amide bonds. The summed E-state index contributed by atoms with van der Waals surface area (Å²) in [5.41, 5.74) is -6.28. The first-order valence-corrected chi connectivity index (χ1v) is 13.3. The second-order valence-electron chi connectivity index (χ2n) is 9.10. The van der Waals surface area contributed by atoms with Crippen LogP contribution in [-0.4, -0.2) is 42.9 Å². The molecule has 214 valence electrons. The highest BCUT2D eigenvalue weighted by Gasteiger charge is 2.60. The molecule has 1 aromatic carbocycles. The van der Waals surface area contributed by atoms with Crippen molar-refractivity contribution in [2.45, 2.75) is 48.8 Å². The zero-order valence-electron chi connectivity index (χ0n) is 20.6. The number of nitrogens with zero attached hydrogens (tertiary/aromatic N) is 4. The number of amides is 1. The van der Waals surface area contributed by atoms with Gasteiger partial charge in [0.1, 0.15) is 11.0 Å². The monoisotopic (exact) mass is 592 g/mol. The Kier molecular flexibility index (Phi) is 7.23. The van der Waals surface area contributed by atoms with E-state index < -0.39 is 73.5 Å². The van der Waals surface area contributed by atoms with Crippen molar-refractivity contribution in [3.63, 3.8) is 0 Å². The second-order valence-corrected chi connectivity index (χ2v) is 11.3. The molecule has 1 unspecified atom stereocenters. The fourth-order valence-corrected chi connectivity index (χ4v) is 4.77. The highest BCUT2D eigenvalue weighted by Crippen LogP contribution is 2.54. The molecule has 0 bridgehead atoms. The van der Waals surface area contributed by atoms with Gasteiger partial charge in [-0.15, -0.1) is 15.3 Å². The summed E-state index contributed by atoms with van der Waals surface area (Å²) in [5, 5.41) is 15.3. The molecular formula is C23H19F7N6O3S. The molecule has 2 heterocycles. The molecule has 9 nitrogen and oxygen atoms in total. The van der Waals surface area contributed by atoms with E-state index in [1.165, 1.54) is 24.3 Å². The molecule has 0 radical (unpaired) electrons. The first-order valence-electron chi connectivity index (χ1n) is 11.3. The molecule has 40 heavy (non-hydrogen) atoms. The number of anilines is 1. The van der Waals surface area contributed by atoms with Gasteiger partial charge in [-0.25, -0.2) is 13.4 Å². The van der Waals surface area contributed by atoms with Crippen LogP contribution in [0.3, 0.4) is 0 Å². The Labute approximate surface area is 222 Å². The molecule has 3 aromatic rings. The minimum absolute atomic E-state index is 0.0165. The Morgan fingerprint density at radius 2 is 1.70 bits per heavy atom. The Morgan fingerprint density at radius 1 is 1.05 bits per heavy atom. The van der Waals surface area contributed by atoms with Crippen molar-refractivity contribution < 1.29 is 44.5 Å². The van der Waals surface area contributed by atoms with Gasteiger partial charge in [-0.1, -0.05) is 12.5 Å². The lowest BCUT2D eigenvalue weighted by molar-refractivity contribution is -0.214. The Balaban J connectivity index is 1.73. The average Bonchev–Trinajstić information content (AvgIpc) is 2.78. The maximum absolute atomic E-state index is 14.9. The molecule has 17 heteroatoms. The quantitative estimate of drug-likeness (QED) is 0.346. The van der Waals surface area contributed by atoms with E-state index >= 15 is 0 Å². The minimum atomic E-state index is -5.05. The Hall–Kier alpha value is -3.89. The third-order valence-electron chi connectivity index (χ3n) is 6.37. The summed E-state index contributed by atoms with van der Waals surface area (Å²) < 4.78 is 121. The predicted octanol–water partition coefficient (Wildman–Crippen LogP) is 5.80. The third-order valence-corrected chi connectivity index (χ3v) is 7.53.